The number of ether oxygens (including phenoxy) is 2. The van der Waals surface area contributed by atoms with E-state index in [4.69, 9.17) is 15.2 Å². The molecule has 2 aromatic rings. The van der Waals surface area contributed by atoms with Crippen LogP contribution in [0.5, 0.6) is 0 Å². The van der Waals surface area contributed by atoms with Crippen molar-refractivity contribution in [3.8, 4) is 0 Å². The number of nitrogens with two attached hydrogens (primary N) is 1. The maximum absolute atomic E-state index is 11.1. The monoisotopic (exact) mass is 357 g/mol. The summed E-state index contributed by atoms with van der Waals surface area (Å²) in [6.45, 7) is 0.259. The molecule has 1 heterocycles. The summed E-state index contributed by atoms with van der Waals surface area (Å²) in [5, 5.41) is 32.3. The van der Waals surface area contributed by atoms with E-state index in [-0.39, 0.29) is 6.61 Å². The summed E-state index contributed by atoms with van der Waals surface area (Å²) in [5.74, 6) is -0.662. The molecule has 138 valence electrons. The molecule has 2 aromatic carbocycles. The Bertz CT molecular complexity index is 738. The number of rotatable bonds is 4. The molecule has 2 fully saturated rings. The van der Waals surface area contributed by atoms with Crippen molar-refractivity contribution in [2.75, 3.05) is 0 Å². The molecular weight excluding hydrogens is 334 g/mol. The molecule has 0 bridgehead atoms. The molecule has 0 aromatic heterocycles. The van der Waals surface area contributed by atoms with Gasteiger partial charge in [0.2, 0.25) is 0 Å². The predicted octanol–water partition coefficient (Wildman–Crippen LogP) is 0.506. The minimum atomic E-state index is -1.65. The van der Waals surface area contributed by atoms with Crippen LogP contribution in [0.25, 0.3) is 0 Å². The standard InChI is InChI=1S/C20H23NO5/c21-15-17(23)20(24)14(13-9-5-2-6-10-13)16(22)18(20)26-19(15)25-11-12-7-3-1-4-8-12/h1-10,14-19,22-24H,11,21H2/t14?,15-,16?,17-,18-,19-,20+/m1/s1. The average molecular weight is 357 g/mol. The Hall–Kier alpha value is -1.80. The Morgan fingerprint density at radius 1 is 1.00 bits per heavy atom. The van der Waals surface area contributed by atoms with E-state index in [1.165, 1.54) is 0 Å². The Kier molecular flexibility index (Phi) is 4.56. The summed E-state index contributed by atoms with van der Waals surface area (Å²) < 4.78 is 11.5. The summed E-state index contributed by atoms with van der Waals surface area (Å²) in [5.41, 5.74) is 6.13. The summed E-state index contributed by atoms with van der Waals surface area (Å²) >= 11 is 0. The van der Waals surface area contributed by atoms with Gasteiger partial charge in [0.25, 0.3) is 0 Å². The third kappa shape index (κ3) is 2.66. The highest BCUT2D eigenvalue weighted by Crippen LogP contribution is 2.53. The Morgan fingerprint density at radius 2 is 1.62 bits per heavy atom. The fraction of sp³-hybridized carbons (Fsp3) is 0.400. The van der Waals surface area contributed by atoms with Crippen molar-refractivity contribution in [2.45, 2.75) is 48.8 Å². The fourth-order valence-corrected chi connectivity index (χ4v) is 4.04. The molecule has 0 radical (unpaired) electrons. The molecule has 4 rings (SSSR count). The van der Waals surface area contributed by atoms with E-state index in [0.29, 0.717) is 0 Å². The molecular formula is C20H23NO5. The first-order chi connectivity index (χ1) is 12.5. The molecule has 0 amide bonds. The van der Waals surface area contributed by atoms with E-state index in [9.17, 15) is 15.3 Å². The van der Waals surface area contributed by atoms with Crippen LogP contribution in [0.1, 0.15) is 17.0 Å². The Labute approximate surface area is 151 Å². The van der Waals surface area contributed by atoms with Crippen molar-refractivity contribution in [3.63, 3.8) is 0 Å². The molecule has 0 spiro atoms. The van der Waals surface area contributed by atoms with Gasteiger partial charge in [-0.1, -0.05) is 60.7 Å². The van der Waals surface area contributed by atoms with Crippen molar-refractivity contribution >= 4 is 0 Å². The van der Waals surface area contributed by atoms with E-state index < -0.39 is 42.2 Å². The second-order valence-corrected chi connectivity index (χ2v) is 7.01. The largest absolute Gasteiger partial charge is 0.390 e. The first kappa shape index (κ1) is 17.6. The lowest BCUT2D eigenvalue weighted by Crippen LogP contribution is -2.81. The molecule has 1 aliphatic carbocycles. The summed E-state index contributed by atoms with van der Waals surface area (Å²) in [6.07, 6.45) is -4.10. The maximum atomic E-state index is 11.1. The van der Waals surface area contributed by atoms with Crippen LogP contribution in [-0.4, -0.2) is 51.6 Å². The second-order valence-electron chi connectivity index (χ2n) is 7.01. The predicted molar refractivity (Wildman–Crippen MR) is 94.0 cm³/mol. The highest BCUT2D eigenvalue weighted by molar-refractivity contribution is 5.35. The fourth-order valence-electron chi connectivity index (χ4n) is 4.04. The van der Waals surface area contributed by atoms with E-state index in [0.717, 1.165) is 11.1 Å². The molecule has 6 nitrogen and oxygen atoms in total. The summed E-state index contributed by atoms with van der Waals surface area (Å²) in [6, 6.07) is 17.7. The molecule has 7 atom stereocenters. The van der Waals surface area contributed by atoms with Crippen molar-refractivity contribution in [1.82, 2.24) is 0 Å². The van der Waals surface area contributed by atoms with Gasteiger partial charge < -0.3 is 30.5 Å². The second kappa shape index (κ2) is 6.74. The zero-order valence-corrected chi connectivity index (χ0v) is 14.2. The molecule has 2 aliphatic rings. The van der Waals surface area contributed by atoms with Crippen LogP contribution in [0.2, 0.25) is 0 Å². The number of aliphatic hydroxyl groups excluding tert-OH is 2. The van der Waals surface area contributed by atoms with Gasteiger partial charge in [-0.15, -0.1) is 0 Å². The molecule has 6 heteroatoms. The highest BCUT2D eigenvalue weighted by Gasteiger charge is 2.70. The maximum Gasteiger partial charge on any atom is 0.176 e. The first-order valence-corrected chi connectivity index (χ1v) is 8.73. The summed E-state index contributed by atoms with van der Waals surface area (Å²) in [4.78, 5) is 0. The van der Waals surface area contributed by atoms with Crippen LogP contribution in [0, 0.1) is 0 Å². The van der Waals surface area contributed by atoms with Crippen LogP contribution >= 0.6 is 0 Å². The SMILES string of the molecule is N[C@H]1[C@H](OCc2ccccc2)O[C@@H]2C(O)C(c3ccccc3)[C@]2(O)[C@@H]1O. The number of aliphatic hydroxyl groups is 3. The number of benzene rings is 2. The van der Waals surface area contributed by atoms with Gasteiger partial charge in [-0.2, -0.15) is 0 Å². The minimum Gasteiger partial charge on any atom is -0.390 e. The highest BCUT2D eigenvalue weighted by atomic mass is 16.7. The van der Waals surface area contributed by atoms with Crippen molar-refractivity contribution < 1.29 is 24.8 Å². The third-order valence-electron chi connectivity index (χ3n) is 5.45. The average Bonchev–Trinajstić information content (AvgIpc) is 2.67. The number of hydrogen-bond donors (Lipinski definition) is 4. The zero-order valence-electron chi connectivity index (χ0n) is 14.2. The van der Waals surface area contributed by atoms with Gasteiger partial charge in [0.1, 0.15) is 17.8 Å². The Balaban J connectivity index is 1.51. The number of fused-ring (bicyclic) bond motifs is 1. The molecule has 5 N–H and O–H groups in total. The quantitative estimate of drug-likeness (QED) is 0.635. The first-order valence-electron chi connectivity index (χ1n) is 8.73. The van der Waals surface area contributed by atoms with Crippen LogP contribution in [-0.2, 0) is 16.1 Å². The molecule has 1 aliphatic heterocycles. The van der Waals surface area contributed by atoms with Crippen LogP contribution in [0.3, 0.4) is 0 Å². The van der Waals surface area contributed by atoms with E-state index in [2.05, 4.69) is 0 Å². The topological polar surface area (TPSA) is 105 Å². The lowest BCUT2D eigenvalue weighted by Gasteiger charge is -2.62. The zero-order chi connectivity index (χ0) is 18.3. The molecule has 1 saturated heterocycles. The third-order valence-corrected chi connectivity index (χ3v) is 5.45. The van der Waals surface area contributed by atoms with Crippen LogP contribution in [0.4, 0.5) is 0 Å². The minimum absolute atomic E-state index is 0.259. The Morgan fingerprint density at radius 3 is 2.27 bits per heavy atom. The van der Waals surface area contributed by atoms with Gasteiger partial charge in [-0.3, -0.25) is 0 Å². The van der Waals surface area contributed by atoms with Crippen LogP contribution in [0.15, 0.2) is 60.7 Å². The lowest BCUT2D eigenvalue weighted by atomic mass is 9.57. The van der Waals surface area contributed by atoms with E-state index in [1.54, 1.807) is 12.1 Å². The lowest BCUT2D eigenvalue weighted by molar-refractivity contribution is -0.366. The van der Waals surface area contributed by atoms with Gasteiger partial charge in [-0.05, 0) is 11.1 Å². The van der Waals surface area contributed by atoms with Crippen molar-refractivity contribution in [3.05, 3.63) is 71.8 Å². The molecule has 1 saturated carbocycles. The van der Waals surface area contributed by atoms with E-state index in [1.807, 2.05) is 48.5 Å². The van der Waals surface area contributed by atoms with Gasteiger partial charge in [0.15, 0.2) is 6.29 Å². The van der Waals surface area contributed by atoms with Gasteiger partial charge in [-0.25, -0.2) is 0 Å². The van der Waals surface area contributed by atoms with Gasteiger partial charge in [0, 0.05) is 5.92 Å². The van der Waals surface area contributed by atoms with Gasteiger partial charge in [0.05, 0.1) is 18.8 Å². The van der Waals surface area contributed by atoms with Crippen molar-refractivity contribution in [1.29, 1.82) is 0 Å². The number of hydrogen-bond acceptors (Lipinski definition) is 6. The van der Waals surface area contributed by atoms with Crippen LogP contribution < -0.4 is 5.73 Å². The van der Waals surface area contributed by atoms with E-state index >= 15 is 0 Å². The summed E-state index contributed by atoms with van der Waals surface area (Å²) in [7, 11) is 0. The normalized spacial score (nSPS) is 39.1. The molecule has 2 unspecified atom stereocenters. The van der Waals surface area contributed by atoms with Gasteiger partial charge >= 0.3 is 0 Å². The van der Waals surface area contributed by atoms with Crippen molar-refractivity contribution in [2.24, 2.45) is 5.73 Å². The molecule has 26 heavy (non-hydrogen) atoms. The smallest absolute Gasteiger partial charge is 0.176 e.